The fourth-order valence-electron chi connectivity index (χ4n) is 2.11. The minimum atomic E-state index is -0.848. The molecule has 0 saturated carbocycles. The van der Waals surface area contributed by atoms with E-state index in [4.69, 9.17) is 16.3 Å². The van der Waals surface area contributed by atoms with Crippen molar-refractivity contribution in [2.75, 3.05) is 19.7 Å². The first-order valence-corrected chi connectivity index (χ1v) is 8.10. The third kappa shape index (κ3) is 6.20. The molecular formula is C18H21ClN2O3. The molecule has 24 heavy (non-hydrogen) atoms. The normalized spacial score (nSPS) is 11.8. The van der Waals surface area contributed by atoms with E-state index in [1.807, 2.05) is 30.3 Å². The van der Waals surface area contributed by atoms with E-state index in [1.54, 1.807) is 24.3 Å². The summed E-state index contributed by atoms with van der Waals surface area (Å²) in [4.78, 5) is 11.7. The molecule has 0 heterocycles. The fourth-order valence-corrected chi connectivity index (χ4v) is 2.37. The third-order valence-corrected chi connectivity index (χ3v) is 3.71. The number of urea groups is 1. The van der Waals surface area contributed by atoms with Gasteiger partial charge in [-0.25, -0.2) is 4.79 Å². The highest BCUT2D eigenvalue weighted by atomic mass is 35.5. The largest absolute Gasteiger partial charge is 0.387 e. The number of carbonyl (C=O) groups excluding carboxylic acids is 1. The van der Waals surface area contributed by atoms with Crippen LogP contribution in [0.25, 0.3) is 0 Å². The molecule has 2 rings (SSSR count). The van der Waals surface area contributed by atoms with Gasteiger partial charge in [-0.1, -0.05) is 60.1 Å². The van der Waals surface area contributed by atoms with E-state index >= 15 is 0 Å². The Bertz CT molecular complexity index is 637. The number of aliphatic hydroxyl groups excluding tert-OH is 1. The van der Waals surface area contributed by atoms with Crippen molar-refractivity contribution in [2.24, 2.45) is 0 Å². The average Bonchev–Trinajstić information content (AvgIpc) is 2.60. The van der Waals surface area contributed by atoms with Gasteiger partial charge in [0.25, 0.3) is 0 Å². The molecule has 1 unspecified atom stereocenters. The van der Waals surface area contributed by atoms with Gasteiger partial charge in [0.1, 0.15) is 0 Å². The Labute approximate surface area is 146 Å². The third-order valence-electron chi connectivity index (χ3n) is 3.36. The molecule has 128 valence electrons. The maximum Gasteiger partial charge on any atom is 0.314 e. The summed E-state index contributed by atoms with van der Waals surface area (Å²) >= 11 is 6.00. The van der Waals surface area contributed by atoms with Crippen LogP contribution in [0.1, 0.15) is 17.2 Å². The van der Waals surface area contributed by atoms with Gasteiger partial charge in [0, 0.05) is 23.7 Å². The van der Waals surface area contributed by atoms with Crippen molar-refractivity contribution in [3.05, 3.63) is 70.7 Å². The Morgan fingerprint density at radius 3 is 2.54 bits per heavy atom. The number of hydrogen-bond donors (Lipinski definition) is 3. The van der Waals surface area contributed by atoms with Crippen LogP contribution in [0.4, 0.5) is 4.79 Å². The number of benzene rings is 2. The zero-order chi connectivity index (χ0) is 17.2. The van der Waals surface area contributed by atoms with Crippen molar-refractivity contribution < 1.29 is 14.6 Å². The van der Waals surface area contributed by atoms with Gasteiger partial charge >= 0.3 is 6.03 Å². The minimum Gasteiger partial charge on any atom is -0.387 e. The van der Waals surface area contributed by atoms with Crippen LogP contribution in [-0.4, -0.2) is 30.8 Å². The average molecular weight is 349 g/mol. The molecule has 0 saturated heterocycles. The topological polar surface area (TPSA) is 70.6 Å². The minimum absolute atomic E-state index is 0.0838. The van der Waals surface area contributed by atoms with Crippen LogP contribution in [0.15, 0.2) is 54.6 Å². The first-order valence-electron chi connectivity index (χ1n) is 7.72. The molecule has 0 aliphatic rings. The first-order chi connectivity index (χ1) is 11.7. The molecule has 0 aliphatic carbocycles. The lowest BCUT2D eigenvalue weighted by atomic mass is 10.1. The number of halogens is 1. The summed E-state index contributed by atoms with van der Waals surface area (Å²) in [5, 5.41) is 15.8. The molecule has 2 aromatic carbocycles. The lowest BCUT2D eigenvalue weighted by Crippen LogP contribution is -2.39. The molecule has 2 aromatic rings. The van der Waals surface area contributed by atoms with Gasteiger partial charge in [0.15, 0.2) is 0 Å². The second-order valence-electron chi connectivity index (χ2n) is 5.21. The summed E-state index contributed by atoms with van der Waals surface area (Å²) in [5.41, 5.74) is 1.68. The molecule has 0 aromatic heterocycles. The highest BCUT2D eigenvalue weighted by Gasteiger charge is 2.12. The molecule has 0 spiro atoms. The molecule has 0 radical (unpaired) electrons. The van der Waals surface area contributed by atoms with Gasteiger partial charge in [0.2, 0.25) is 0 Å². The molecule has 1 atom stereocenters. The SMILES string of the molecule is O=C(NCCOCc1ccccc1)NCC(O)c1ccccc1Cl. The number of carbonyl (C=O) groups is 1. The number of rotatable bonds is 8. The summed E-state index contributed by atoms with van der Waals surface area (Å²) < 4.78 is 5.47. The van der Waals surface area contributed by atoms with E-state index in [1.165, 1.54) is 0 Å². The van der Waals surface area contributed by atoms with Gasteiger partial charge in [0.05, 0.1) is 19.3 Å². The van der Waals surface area contributed by atoms with E-state index in [0.29, 0.717) is 30.3 Å². The van der Waals surface area contributed by atoms with Crippen LogP contribution in [0.5, 0.6) is 0 Å². The summed E-state index contributed by atoms with van der Waals surface area (Å²) in [5.74, 6) is 0. The quantitative estimate of drug-likeness (QED) is 0.642. The van der Waals surface area contributed by atoms with E-state index in [-0.39, 0.29) is 12.6 Å². The monoisotopic (exact) mass is 348 g/mol. The zero-order valence-electron chi connectivity index (χ0n) is 13.2. The number of ether oxygens (including phenoxy) is 1. The predicted molar refractivity (Wildman–Crippen MR) is 93.9 cm³/mol. The molecule has 3 N–H and O–H groups in total. The number of nitrogens with one attached hydrogen (secondary N) is 2. The van der Waals surface area contributed by atoms with Gasteiger partial charge in [-0.05, 0) is 11.6 Å². The summed E-state index contributed by atoms with van der Waals surface area (Å²) in [6, 6.07) is 16.5. The molecule has 0 aliphatic heterocycles. The Hall–Kier alpha value is -2.08. The van der Waals surface area contributed by atoms with Gasteiger partial charge in [-0.3, -0.25) is 0 Å². The van der Waals surface area contributed by atoms with Crippen molar-refractivity contribution >= 4 is 17.6 Å². The lowest BCUT2D eigenvalue weighted by molar-refractivity contribution is 0.123. The summed E-state index contributed by atoms with van der Waals surface area (Å²) in [6.45, 7) is 1.39. The Balaban J connectivity index is 1.59. The summed E-state index contributed by atoms with van der Waals surface area (Å²) in [7, 11) is 0. The maximum absolute atomic E-state index is 11.7. The van der Waals surface area contributed by atoms with Crippen molar-refractivity contribution in [1.82, 2.24) is 10.6 Å². The Morgan fingerprint density at radius 1 is 1.08 bits per heavy atom. The van der Waals surface area contributed by atoms with Crippen LogP contribution in [0, 0.1) is 0 Å². The molecule has 6 heteroatoms. The molecule has 0 bridgehead atoms. The van der Waals surface area contributed by atoms with E-state index < -0.39 is 6.10 Å². The molecular weight excluding hydrogens is 328 g/mol. The predicted octanol–water partition coefficient (Wildman–Crippen LogP) is 2.89. The van der Waals surface area contributed by atoms with Crippen molar-refractivity contribution in [2.45, 2.75) is 12.7 Å². The highest BCUT2D eigenvalue weighted by molar-refractivity contribution is 6.31. The Kier molecular flexibility index (Phi) is 7.55. The smallest absolute Gasteiger partial charge is 0.314 e. The standard InChI is InChI=1S/C18H21ClN2O3/c19-16-9-5-4-8-15(16)17(22)12-21-18(23)20-10-11-24-13-14-6-2-1-3-7-14/h1-9,17,22H,10-13H2,(H2,20,21,23). The number of aliphatic hydroxyl groups is 1. The molecule has 0 fully saturated rings. The van der Waals surface area contributed by atoms with Crippen LogP contribution >= 0.6 is 11.6 Å². The maximum atomic E-state index is 11.7. The zero-order valence-corrected chi connectivity index (χ0v) is 14.0. The highest BCUT2D eigenvalue weighted by Crippen LogP contribution is 2.21. The van der Waals surface area contributed by atoms with Gasteiger partial charge in [-0.2, -0.15) is 0 Å². The van der Waals surface area contributed by atoms with E-state index in [9.17, 15) is 9.90 Å². The second-order valence-corrected chi connectivity index (χ2v) is 5.62. The van der Waals surface area contributed by atoms with Crippen molar-refractivity contribution in [3.63, 3.8) is 0 Å². The molecule has 5 nitrogen and oxygen atoms in total. The van der Waals surface area contributed by atoms with Crippen LogP contribution in [0.3, 0.4) is 0 Å². The van der Waals surface area contributed by atoms with E-state index in [0.717, 1.165) is 5.56 Å². The first kappa shape index (κ1) is 18.3. The molecule has 2 amide bonds. The van der Waals surface area contributed by atoms with Gasteiger partial charge < -0.3 is 20.5 Å². The van der Waals surface area contributed by atoms with Crippen LogP contribution in [-0.2, 0) is 11.3 Å². The van der Waals surface area contributed by atoms with Gasteiger partial charge in [-0.15, -0.1) is 0 Å². The van der Waals surface area contributed by atoms with Crippen LogP contribution < -0.4 is 10.6 Å². The Morgan fingerprint density at radius 2 is 1.79 bits per heavy atom. The van der Waals surface area contributed by atoms with Crippen molar-refractivity contribution in [1.29, 1.82) is 0 Å². The summed E-state index contributed by atoms with van der Waals surface area (Å²) in [6.07, 6.45) is -0.848. The fraction of sp³-hybridized carbons (Fsp3) is 0.278. The second kappa shape index (κ2) is 9.93. The lowest BCUT2D eigenvalue weighted by Gasteiger charge is -2.14. The number of hydrogen-bond acceptors (Lipinski definition) is 3. The number of amides is 2. The van der Waals surface area contributed by atoms with Crippen molar-refractivity contribution in [3.8, 4) is 0 Å². The van der Waals surface area contributed by atoms with E-state index in [2.05, 4.69) is 10.6 Å². The van der Waals surface area contributed by atoms with Crippen LogP contribution in [0.2, 0.25) is 5.02 Å².